The molecule has 14 nitrogen and oxygen atoms in total. The quantitative estimate of drug-likeness (QED) is 0.0542. The zero-order chi connectivity index (χ0) is 44.0. The van der Waals surface area contributed by atoms with Crippen molar-refractivity contribution in [3.05, 3.63) is 0 Å². The van der Waals surface area contributed by atoms with Gasteiger partial charge in [0.15, 0.2) is 0 Å². The highest BCUT2D eigenvalue weighted by atomic mass is 16.6. The van der Waals surface area contributed by atoms with Gasteiger partial charge in [0, 0.05) is 6.61 Å². The molecule has 0 aromatic rings. The fourth-order valence-corrected chi connectivity index (χ4v) is 15.5. The van der Waals surface area contributed by atoms with Gasteiger partial charge in [-0.15, -0.1) is 0 Å². The molecule has 0 aromatic carbocycles. The highest BCUT2D eigenvalue weighted by molar-refractivity contribution is 6.04. The van der Waals surface area contributed by atoms with Gasteiger partial charge in [0.2, 0.25) is 0 Å². The summed E-state index contributed by atoms with van der Waals surface area (Å²) in [5.74, 6) is -12.9. The number of esters is 5. The third kappa shape index (κ3) is 7.15. The van der Waals surface area contributed by atoms with E-state index in [1.165, 1.54) is 0 Å². The second-order valence-electron chi connectivity index (χ2n) is 21.4. The number of aliphatic hydroxyl groups excluding tert-OH is 1. The lowest BCUT2D eigenvalue weighted by atomic mass is 9.53. The zero-order valence-corrected chi connectivity index (χ0v) is 36.9. The minimum atomic E-state index is -1.01. The number of nitrogens with zero attached hydrogens (tertiary/aromatic N) is 1. The lowest BCUT2D eigenvalue weighted by Crippen LogP contribution is -2.51. The van der Waals surface area contributed by atoms with Gasteiger partial charge in [0.05, 0.1) is 54.6 Å². The maximum absolute atomic E-state index is 14.6. The number of hydroxylamine groups is 2. The summed E-state index contributed by atoms with van der Waals surface area (Å²) in [5, 5.41) is 21.5. The third-order valence-electron chi connectivity index (χ3n) is 17.5. The standard InChI is InChI=1S/C47H67NO13/c1-8-10-12-58-42(52)21(4)31(44(54)59-13-11-9-2)34-26-15-22(14-24(26)19-49)33(34)38-39(46(56)60-45(38)55)35-27-16-23(17-28(27)43(53)61-47(5,6)7)32(35)30-20(3)25-18-29(30)37-36(25)40(50)48(57)41(37)51/h20-39,49,57H,8-19H2,1-7H3. The highest BCUT2D eigenvalue weighted by Crippen LogP contribution is 2.72. The number of hydrogen-bond donors (Lipinski definition) is 2. The first-order valence-electron chi connectivity index (χ1n) is 23.4. The van der Waals surface area contributed by atoms with Crippen LogP contribution in [0.2, 0.25) is 0 Å². The Morgan fingerprint density at radius 2 is 1.31 bits per heavy atom. The maximum Gasteiger partial charge on any atom is 0.317 e. The monoisotopic (exact) mass is 853 g/mol. The lowest BCUT2D eigenvalue weighted by Gasteiger charge is -2.48. The predicted octanol–water partition coefficient (Wildman–Crippen LogP) is 5.24. The molecule has 6 saturated carbocycles. The SMILES string of the molecule is CCCCOC(=O)C(C)C(C(=O)OCCCC)C1C2CC(CC2CO)C1C1C(=O)OC(=O)C1C1C2CC(CC2C(=O)OC(C)(C)C)C1C1C(C)C2CC1C1C(=O)N(O)C(=O)C21. The number of ether oxygens (including phenoxy) is 4. The average Bonchev–Trinajstić information content (AvgIpc) is 4.09. The van der Waals surface area contributed by atoms with Crippen LogP contribution in [0.5, 0.6) is 0 Å². The summed E-state index contributed by atoms with van der Waals surface area (Å²) < 4.78 is 23.3. The highest BCUT2D eigenvalue weighted by Gasteiger charge is 2.73. The summed E-state index contributed by atoms with van der Waals surface area (Å²) in [6.07, 6.45) is 5.87. The molecule has 14 heteroatoms. The molecule has 20 atom stereocenters. The summed E-state index contributed by atoms with van der Waals surface area (Å²) in [5.41, 5.74) is -0.757. The lowest BCUT2D eigenvalue weighted by molar-refractivity contribution is -0.174. The van der Waals surface area contributed by atoms with Gasteiger partial charge in [-0.2, -0.15) is 5.06 Å². The van der Waals surface area contributed by atoms with Crippen molar-refractivity contribution in [3.8, 4) is 0 Å². The van der Waals surface area contributed by atoms with E-state index in [2.05, 4.69) is 6.92 Å². The number of rotatable bonds is 15. The van der Waals surface area contributed by atoms with Crippen LogP contribution in [0.3, 0.4) is 0 Å². The first kappa shape index (κ1) is 44.2. The predicted molar refractivity (Wildman–Crippen MR) is 214 cm³/mol. The van der Waals surface area contributed by atoms with Crippen LogP contribution in [0.15, 0.2) is 0 Å². The molecule has 0 radical (unpaired) electrons. The number of imide groups is 1. The molecule has 0 aromatic heterocycles. The molecule has 2 amide bonds. The number of aliphatic hydroxyl groups is 1. The van der Waals surface area contributed by atoms with Crippen LogP contribution in [-0.4, -0.2) is 82.5 Å². The molecule has 61 heavy (non-hydrogen) atoms. The van der Waals surface area contributed by atoms with Gasteiger partial charge in [-0.1, -0.05) is 40.5 Å². The molecule has 2 saturated heterocycles. The Hall–Kier alpha value is -3.39. The van der Waals surface area contributed by atoms with Crippen LogP contribution in [-0.2, 0) is 52.5 Å². The van der Waals surface area contributed by atoms with Crippen molar-refractivity contribution in [2.24, 2.45) is 118 Å². The number of amides is 2. The first-order chi connectivity index (χ1) is 28.9. The molecule has 8 aliphatic rings. The van der Waals surface area contributed by atoms with E-state index in [4.69, 9.17) is 18.9 Å². The Morgan fingerprint density at radius 3 is 1.92 bits per heavy atom. The fraction of sp³-hybridized carbons (Fsp3) is 0.851. The van der Waals surface area contributed by atoms with Crippen molar-refractivity contribution < 1.29 is 62.8 Å². The van der Waals surface area contributed by atoms with Crippen molar-refractivity contribution in [2.75, 3.05) is 19.8 Å². The normalized spacial score (nSPS) is 42.9. The molecule has 2 heterocycles. The topological polar surface area (TPSA) is 200 Å². The number of carbonyl (C=O) groups is 7. The minimum Gasteiger partial charge on any atom is -0.465 e. The molecule has 0 spiro atoms. The van der Waals surface area contributed by atoms with Gasteiger partial charge in [0.25, 0.3) is 11.8 Å². The molecular weight excluding hydrogens is 787 g/mol. The van der Waals surface area contributed by atoms with E-state index in [0.29, 0.717) is 50.0 Å². The second kappa shape index (κ2) is 16.6. The van der Waals surface area contributed by atoms with E-state index in [0.717, 1.165) is 12.8 Å². The molecule has 6 aliphatic carbocycles. The summed E-state index contributed by atoms with van der Waals surface area (Å²) in [6, 6.07) is 0. The molecule has 2 N–H and O–H groups in total. The summed E-state index contributed by atoms with van der Waals surface area (Å²) in [4.78, 5) is 98.2. The van der Waals surface area contributed by atoms with Crippen LogP contribution >= 0.6 is 0 Å². The maximum atomic E-state index is 14.6. The third-order valence-corrected chi connectivity index (χ3v) is 17.5. The Labute approximate surface area is 358 Å². The summed E-state index contributed by atoms with van der Waals surface area (Å²) in [7, 11) is 0. The number of cyclic esters (lactones) is 2. The average molecular weight is 854 g/mol. The van der Waals surface area contributed by atoms with Crippen LogP contribution in [0, 0.1) is 118 Å². The summed E-state index contributed by atoms with van der Waals surface area (Å²) >= 11 is 0. The van der Waals surface area contributed by atoms with E-state index in [9.17, 15) is 43.9 Å². The largest absolute Gasteiger partial charge is 0.465 e. The number of hydrogen-bond acceptors (Lipinski definition) is 13. The summed E-state index contributed by atoms with van der Waals surface area (Å²) in [6.45, 7) is 13.4. The molecule has 8 rings (SSSR count). The van der Waals surface area contributed by atoms with Gasteiger partial charge >= 0.3 is 29.8 Å². The van der Waals surface area contributed by atoms with E-state index in [-0.39, 0.29) is 85.0 Å². The second-order valence-corrected chi connectivity index (χ2v) is 21.4. The molecule has 2 aliphatic heterocycles. The number of carbonyl (C=O) groups excluding carboxylic acids is 7. The molecule has 8 fully saturated rings. The minimum absolute atomic E-state index is 0.0321. The molecule has 20 unspecified atom stereocenters. The number of fused-ring (bicyclic) bond motifs is 9. The van der Waals surface area contributed by atoms with Gasteiger partial charge in [-0.3, -0.25) is 38.8 Å². The number of unbranched alkanes of at least 4 members (excludes halogenated alkanes) is 2. The van der Waals surface area contributed by atoms with Crippen molar-refractivity contribution >= 4 is 41.7 Å². The zero-order valence-electron chi connectivity index (χ0n) is 36.9. The van der Waals surface area contributed by atoms with Crippen molar-refractivity contribution in [2.45, 2.75) is 112 Å². The van der Waals surface area contributed by atoms with Gasteiger partial charge < -0.3 is 24.1 Å². The van der Waals surface area contributed by atoms with Gasteiger partial charge in [-0.25, -0.2) is 0 Å². The van der Waals surface area contributed by atoms with Crippen molar-refractivity contribution in [1.29, 1.82) is 0 Å². The molecular formula is C47H67NO13. The van der Waals surface area contributed by atoms with Crippen LogP contribution in [0.4, 0.5) is 0 Å². The van der Waals surface area contributed by atoms with E-state index in [1.54, 1.807) is 6.92 Å². The van der Waals surface area contributed by atoms with Crippen molar-refractivity contribution in [1.82, 2.24) is 5.06 Å². The van der Waals surface area contributed by atoms with Gasteiger partial charge in [-0.05, 0) is 143 Å². The van der Waals surface area contributed by atoms with Crippen LogP contribution in [0.25, 0.3) is 0 Å². The van der Waals surface area contributed by atoms with E-state index < -0.39 is 100 Å². The Balaban J connectivity index is 1.20. The van der Waals surface area contributed by atoms with E-state index >= 15 is 0 Å². The first-order valence-corrected chi connectivity index (χ1v) is 23.4. The smallest absolute Gasteiger partial charge is 0.317 e. The van der Waals surface area contributed by atoms with Crippen LogP contribution < -0.4 is 0 Å². The molecule has 6 bridgehead atoms. The fourth-order valence-electron chi connectivity index (χ4n) is 15.5. The Kier molecular flexibility index (Phi) is 12.1. The Morgan fingerprint density at radius 1 is 0.738 bits per heavy atom. The van der Waals surface area contributed by atoms with Gasteiger partial charge in [0.1, 0.15) is 5.60 Å². The molecule has 338 valence electrons. The van der Waals surface area contributed by atoms with E-state index in [1.807, 2.05) is 34.6 Å². The van der Waals surface area contributed by atoms with Crippen molar-refractivity contribution in [3.63, 3.8) is 0 Å². The van der Waals surface area contributed by atoms with Crippen LogP contribution in [0.1, 0.15) is 106 Å². The Bertz CT molecular complexity index is 1790.